The Kier molecular flexibility index (Phi) is 5.49. The van der Waals surface area contributed by atoms with Gasteiger partial charge in [-0.25, -0.2) is 0 Å². The van der Waals surface area contributed by atoms with Crippen molar-refractivity contribution in [3.8, 4) is 11.5 Å². The number of rotatable bonds is 7. The molecule has 0 saturated heterocycles. The minimum absolute atomic E-state index is 0.0000501. The summed E-state index contributed by atoms with van der Waals surface area (Å²) in [5.41, 5.74) is 0.867. The van der Waals surface area contributed by atoms with Crippen molar-refractivity contribution in [2.45, 2.75) is 19.8 Å². The number of nitrogens with zero attached hydrogens (tertiary/aromatic N) is 1. The van der Waals surface area contributed by atoms with Gasteiger partial charge in [-0.15, -0.1) is 0 Å². The highest BCUT2D eigenvalue weighted by Gasteiger charge is 2.41. The number of hydrogen-bond donors (Lipinski definition) is 3. The molecule has 0 spiro atoms. The van der Waals surface area contributed by atoms with Crippen LogP contribution in [0.2, 0.25) is 0 Å². The molecule has 0 aliphatic heterocycles. The Hall–Kier alpha value is -1.95. The van der Waals surface area contributed by atoms with Crippen LogP contribution in [0.1, 0.15) is 19.8 Å². The molecule has 0 radical (unpaired) electrons. The molecular weight excluding hydrogens is 282 g/mol. The molecule has 1 aromatic rings. The zero-order valence-corrected chi connectivity index (χ0v) is 13.5. The molecular formula is C16H25N3O3. The lowest BCUT2D eigenvalue weighted by atomic mass is 10.1. The first-order valence-electron chi connectivity index (χ1n) is 7.54. The summed E-state index contributed by atoms with van der Waals surface area (Å²) in [7, 11) is 3.22. The number of anilines is 1. The highest BCUT2D eigenvalue weighted by atomic mass is 16.5. The fourth-order valence-corrected chi connectivity index (χ4v) is 2.15. The van der Waals surface area contributed by atoms with Gasteiger partial charge in [0.15, 0.2) is 17.5 Å². The van der Waals surface area contributed by atoms with Crippen LogP contribution in [0.5, 0.6) is 11.5 Å². The summed E-state index contributed by atoms with van der Waals surface area (Å²) in [6.45, 7) is 3.62. The number of aliphatic hydroxyl groups excluding tert-OH is 1. The smallest absolute Gasteiger partial charge is 0.195 e. The molecule has 1 saturated carbocycles. The highest BCUT2D eigenvalue weighted by molar-refractivity contribution is 5.94. The van der Waals surface area contributed by atoms with E-state index in [2.05, 4.69) is 15.6 Å². The molecule has 1 aliphatic carbocycles. The Labute approximate surface area is 131 Å². The SMILES string of the molecule is CCNC(=NCC1(CO)CC1)Nc1ccc(OC)c(OC)c1. The predicted octanol–water partition coefficient (Wildman–Crippen LogP) is 1.85. The zero-order chi connectivity index (χ0) is 16.0. The standard InChI is InChI=1S/C16H25N3O3/c1-4-17-15(18-10-16(11-20)7-8-16)19-12-5-6-13(21-2)14(9-12)22-3/h5-6,9,20H,4,7-8,10-11H2,1-3H3,(H2,17,18,19). The summed E-state index contributed by atoms with van der Waals surface area (Å²) in [4.78, 5) is 4.57. The molecule has 2 rings (SSSR count). The Morgan fingerprint density at radius 3 is 2.55 bits per heavy atom. The third-order valence-electron chi connectivity index (χ3n) is 3.86. The normalized spacial score (nSPS) is 16.1. The van der Waals surface area contributed by atoms with Crippen LogP contribution in [0, 0.1) is 5.41 Å². The fourth-order valence-electron chi connectivity index (χ4n) is 2.15. The molecule has 0 amide bonds. The Bertz CT molecular complexity index is 527. The van der Waals surface area contributed by atoms with Gasteiger partial charge < -0.3 is 25.2 Å². The summed E-state index contributed by atoms with van der Waals surface area (Å²) >= 11 is 0. The van der Waals surface area contributed by atoms with Gasteiger partial charge in [0.2, 0.25) is 0 Å². The molecule has 0 heterocycles. The van der Waals surface area contributed by atoms with Crippen molar-refractivity contribution in [1.29, 1.82) is 0 Å². The summed E-state index contributed by atoms with van der Waals surface area (Å²) in [5, 5.41) is 15.8. The van der Waals surface area contributed by atoms with E-state index in [-0.39, 0.29) is 12.0 Å². The Morgan fingerprint density at radius 2 is 2.00 bits per heavy atom. The maximum absolute atomic E-state index is 9.37. The van der Waals surface area contributed by atoms with Crippen molar-refractivity contribution in [2.75, 3.05) is 39.2 Å². The second-order valence-electron chi connectivity index (χ2n) is 5.55. The molecule has 1 aliphatic rings. The van der Waals surface area contributed by atoms with Crippen molar-refractivity contribution in [2.24, 2.45) is 10.4 Å². The number of nitrogens with one attached hydrogen (secondary N) is 2. The minimum atomic E-state index is -0.0000501. The van der Waals surface area contributed by atoms with E-state index < -0.39 is 0 Å². The van der Waals surface area contributed by atoms with Gasteiger partial charge in [-0.1, -0.05) is 0 Å². The number of guanidine groups is 1. The van der Waals surface area contributed by atoms with Gasteiger partial charge in [-0.3, -0.25) is 4.99 Å². The summed E-state index contributed by atoms with van der Waals surface area (Å²) in [6.07, 6.45) is 2.09. The van der Waals surface area contributed by atoms with Crippen molar-refractivity contribution in [1.82, 2.24) is 5.32 Å². The fraction of sp³-hybridized carbons (Fsp3) is 0.562. The third kappa shape index (κ3) is 4.04. The van der Waals surface area contributed by atoms with Gasteiger partial charge in [0, 0.05) is 23.7 Å². The molecule has 122 valence electrons. The molecule has 6 nitrogen and oxygen atoms in total. The van der Waals surface area contributed by atoms with Crippen molar-refractivity contribution < 1.29 is 14.6 Å². The van der Waals surface area contributed by atoms with Gasteiger partial charge in [-0.2, -0.15) is 0 Å². The first-order chi connectivity index (χ1) is 10.7. The molecule has 1 aromatic carbocycles. The van der Waals surface area contributed by atoms with Crippen LogP contribution in [-0.4, -0.2) is 45.0 Å². The van der Waals surface area contributed by atoms with Crippen molar-refractivity contribution in [3.05, 3.63) is 18.2 Å². The summed E-state index contributed by atoms with van der Waals surface area (Å²) in [6, 6.07) is 5.62. The van der Waals surface area contributed by atoms with E-state index in [0.29, 0.717) is 24.0 Å². The largest absolute Gasteiger partial charge is 0.493 e. The van der Waals surface area contributed by atoms with Crippen LogP contribution in [0.4, 0.5) is 5.69 Å². The van der Waals surface area contributed by atoms with E-state index in [1.807, 2.05) is 25.1 Å². The molecule has 1 fully saturated rings. The number of aliphatic hydroxyl groups is 1. The maximum Gasteiger partial charge on any atom is 0.195 e. The lowest BCUT2D eigenvalue weighted by molar-refractivity contribution is 0.217. The molecule has 0 bridgehead atoms. The average Bonchev–Trinajstić information content (AvgIpc) is 3.33. The van der Waals surface area contributed by atoms with Crippen LogP contribution >= 0.6 is 0 Å². The molecule has 6 heteroatoms. The second kappa shape index (κ2) is 7.35. The lowest BCUT2D eigenvalue weighted by Crippen LogP contribution is -2.31. The number of ether oxygens (including phenoxy) is 2. The number of benzene rings is 1. The first kappa shape index (κ1) is 16.4. The second-order valence-corrected chi connectivity index (χ2v) is 5.55. The topological polar surface area (TPSA) is 75.1 Å². The molecule has 0 aromatic heterocycles. The Morgan fingerprint density at radius 1 is 1.27 bits per heavy atom. The van der Waals surface area contributed by atoms with Gasteiger partial charge in [0.1, 0.15) is 0 Å². The van der Waals surface area contributed by atoms with Crippen LogP contribution < -0.4 is 20.1 Å². The highest BCUT2D eigenvalue weighted by Crippen LogP contribution is 2.45. The first-order valence-corrected chi connectivity index (χ1v) is 7.54. The van der Waals surface area contributed by atoms with Crippen LogP contribution in [-0.2, 0) is 0 Å². The van der Waals surface area contributed by atoms with E-state index in [1.165, 1.54) is 0 Å². The molecule has 0 atom stereocenters. The quantitative estimate of drug-likeness (QED) is 0.529. The maximum atomic E-state index is 9.37. The van der Waals surface area contributed by atoms with Crippen LogP contribution in [0.15, 0.2) is 23.2 Å². The molecule has 3 N–H and O–H groups in total. The number of hydrogen-bond acceptors (Lipinski definition) is 4. The van der Waals surface area contributed by atoms with Gasteiger partial charge in [0.25, 0.3) is 0 Å². The monoisotopic (exact) mass is 307 g/mol. The van der Waals surface area contributed by atoms with E-state index in [4.69, 9.17) is 9.47 Å². The average molecular weight is 307 g/mol. The molecule has 22 heavy (non-hydrogen) atoms. The number of aliphatic imine (C=N–C) groups is 1. The van der Waals surface area contributed by atoms with E-state index in [9.17, 15) is 5.11 Å². The predicted molar refractivity (Wildman–Crippen MR) is 87.9 cm³/mol. The van der Waals surface area contributed by atoms with Gasteiger partial charge in [0.05, 0.1) is 27.4 Å². The minimum Gasteiger partial charge on any atom is -0.493 e. The van der Waals surface area contributed by atoms with Crippen LogP contribution in [0.3, 0.4) is 0 Å². The van der Waals surface area contributed by atoms with Crippen LogP contribution in [0.25, 0.3) is 0 Å². The Balaban J connectivity index is 2.08. The summed E-state index contributed by atoms with van der Waals surface area (Å²) < 4.78 is 10.5. The lowest BCUT2D eigenvalue weighted by Gasteiger charge is -2.15. The zero-order valence-electron chi connectivity index (χ0n) is 13.5. The molecule has 0 unspecified atom stereocenters. The van der Waals surface area contributed by atoms with E-state index >= 15 is 0 Å². The number of methoxy groups -OCH3 is 2. The van der Waals surface area contributed by atoms with Crippen molar-refractivity contribution >= 4 is 11.6 Å². The van der Waals surface area contributed by atoms with E-state index in [0.717, 1.165) is 25.1 Å². The summed E-state index contributed by atoms with van der Waals surface area (Å²) in [5.74, 6) is 2.05. The van der Waals surface area contributed by atoms with Gasteiger partial charge >= 0.3 is 0 Å². The van der Waals surface area contributed by atoms with E-state index in [1.54, 1.807) is 14.2 Å². The van der Waals surface area contributed by atoms with Crippen molar-refractivity contribution in [3.63, 3.8) is 0 Å². The van der Waals surface area contributed by atoms with Gasteiger partial charge in [-0.05, 0) is 31.9 Å². The third-order valence-corrected chi connectivity index (χ3v) is 3.86.